The fourth-order valence-corrected chi connectivity index (χ4v) is 2.54. The number of carbonyl (C=O) groups is 2. The van der Waals surface area contributed by atoms with Crippen molar-refractivity contribution in [3.8, 4) is 0 Å². The summed E-state index contributed by atoms with van der Waals surface area (Å²) < 4.78 is 15.1. The summed E-state index contributed by atoms with van der Waals surface area (Å²) >= 11 is 0. The van der Waals surface area contributed by atoms with Gasteiger partial charge in [-0.15, -0.1) is 0 Å². The Morgan fingerprint density at radius 1 is 1.04 bits per heavy atom. The van der Waals surface area contributed by atoms with Crippen LogP contribution in [0.2, 0.25) is 0 Å². The minimum atomic E-state index is -0.646. The molecule has 1 aromatic carbocycles. The van der Waals surface area contributed by atoms with Crippen molar-refractivity contribution in [3.63, 3.8) is 0 Å². The molecule has 0 amide bonds. The number of carbonyl (C=O) groups excluding carboxylic acids is 2. The fraction of sp³-hybridized carbons (Fsp3) is 0.111. The molecule has 0 radical (unpaired) electrons. The number of hydrogen-bond donors (Lipinski definition) is 0. The smallest absolute Gasteiger partial charge is 0.355 e. The van der Waals surface area contributed by atoms with E-state index in [0.29, 0.717) is 11.3 Å². The minimum absolute atomic E-state index is 0.0723. The zero-order valence-electron chi connectivity index (χ0n) is 13.2. The number of ether oxygens (including phenoxy) is 2. The van der Waals surface area contributed by atoms with Crippen molar-refractivity contribution in [1.29, 1.82) is 0 Å². The highest BCUT2D eigenvalue weighted by molar-refractivity contribution is 6.07. The number of esters is 2. The zero-order chi connectivity index (χ0) is 17.1. The van der Waals surface area contributed by atoms with E-state index in [2.05, 4.69) is 0 Å². The Labute approximate surface area is 138 Å². The van der Waals surface area contributed by atoms with Gasteiger partial charge in [-0.3, -0.25) is 0 Å². The Morgan fingerprint density at radius 2 is 1.83 bits per heavy atom. The summed E-state index contributed by atoms with van der Waals surface area (Å²) in [5, 5.41) is 0.801. The number of rotatable bonds is 3. The Kier molecular flexibility index (Phi) is 4.20. The third-order valence-corrected chi connectivity index (χ3v) is 3.62. The van der Waals surface area contributed by atoms with Gasteiger partial charge < -0.3 is 18.8 Å². The highest BCUT2D eigenvalue weighted by Crippen LogP contribution is 2.32. The molecule has 1 aromatic heterocycles. The second-order valence-corrected chi connectivity index (χ2v) is 4.93. The van der Waals surface area contributed by atoms with Crippen LogP contribution in [0, 0.1) is 0 Å². The molecule has 122 valence electrons. The zero-order valence-corrected chi connectivity index (χ0v) is 13.2. The summed E-state index contributed by atoms with van der Waals surface area (Å²) in [6.45, 7) is 0. The normalized spacial score (nSPS) is 14.0. The second kappa shape index (κ2) is 6.45. The Morgan fingerprint density at radius 3 is 2.58 bits per heavy atom. The van der Waals surface area contributed by atoms with E-state index in [4.69, 9.17) is 13.9 Å². The highest BCUT2D eigenvalue weighted by Gasteiger charge is 2.28. The molecule has 0 atom stereocenters. The lowest BCUT2D eigenvalue weighted by molar-refractivity contribution is -0.139. The molecule has 6 heteroatoms. The first-order chi connectivity index (χ1) is 11.7. The van der Waals surface area contributed by atoms with Crippen LogP contribution >= 0.6 is 0 Å². The van der Waals surface area contributed by atoms with Gasteiger partial charge in [0.2, 0.25) is 0 Å². The average Bonchev–Trinajstić information content (AvgIpc) is 2.99. The lowest BCUT2D eigenvalue weighted by Crippen LogP contribution is -2.27. The molecular weight excluding hydrogens is 310 g/mol. The predicted octanol–water partition coefficient (Wildman–Crippen LogP) is 2.92. The SMILES string of the molecule is COC(=O)C1=C(C(=O)OC)N(c2cccc3occc23)C=CC=C1. The van der Waals surface area contributed by atoms with Crippen molar-refractivity contribution in [2.24, 2.45) is 0 Å². The average molecular weight is 325 g/mol. The van der Waals surface area contributed by atoms with Crippen molar-refractivity contribution in [3.05, 3.63) is 66.2 Å². The third kappa shape index (κ3) is 2.58. The van der Waals surface area contributed by atoms with Crippen LogP contribution in [0.5, 0.6) is 0 Å². The Balaban J connectivity index is 2.26. The monoisotopic (exact) mass is 325 g/mol. The maximum absolute atomic E-state index is 12.4. The van der Waals surface area contributed by atoms with Gasteiger partial charge in [-0.25, -0.2) is 9.59 Å². The maximum atomic E-state index is 12.4. The quantitative estimate of drug-likeness (QED) is 0.808. The van der Waals surface area contributed by atoms with E-state index in [1.807, 2.05) is 12.1 Å². The molecule has 2 aromatic rings. The van der Waals surface area contributed by atoms with Crippen molar-refractivity contribution in [1.82, 2.24) is 0 Å². The Bertz CT molecular complexity index is 888. The van der Waals surface area contributed by atoms with Crippen molar-refractivity contribution in [2.75, 3.05) is 19.1 Å². The number of nitrogens with zero attached hydrogens (tertiary/aromatic N) is 1. The van der Waals surface area contributed by atoms with E-state index in [0.717, 1.165) is 5.39 Å². The molecule has 3 rings (SSSR count). The molecule has 0 fully saturated rings. The van der Waals surface area contributed by atoms with E-state index in [1.54, 1.807) is 41.6 Å². The molecule has 0 spiro atoms. The summed E-state index contributed by atoms with van der Waals surface area (Å²) in [5.74, 6) is -1.27. The van der Waals surface area contributed by atoms with Crippen LogP contribution in [0.4, 0.5) is 5.69 Å². The van der Waals surface area contributed by atoms with Gasteiger partial charge in [-0.2, -0.15) is 0 Å². The number of hydrogen-bond acceptors (Lipinski definition) is 6. The van der Waals surface area contributed by atoms with Gasteiger partial charge >= 0.3 is 11.9 Å². The third-order valence-electron chi connectivity index (χ3n) is 3.62. The number of fused-ring (bicyclic) bond motifs is 1. The molecule has 0 saturated heterocycles. The van der Waals surface area contributed by atoms with Crippen LogP contribution in [0.25, 0.3) is 11.0 Å². The molecule has 0 aliphatic carbocycles. The summed E-state index contributed by atoms with van der Waals surface area (Å²) in [6, 6.07) is 7.25. The number of benzene rings is 1. The summed E-state index contributed by atoms with van der Waals surface area (Å²) in [6.07, 6.45) is 8.14. The van der Waals surface area contributed by atoms with Gasteiger partial charge in [0.1, 0.15) is 11.3 Å². The van der Waals surface area contributed by atoms with Crippen LogP contribution in [-0.2, 0) is 19.1 Å². The molecule has 0 saturated carbocycles. The Hall–Kier alpha value is -3.28. The molecule has 2 heterocycles. The fourth-order valence-electron chi connectivity index (χ4n) is 2.54. The molecule has 24 heavy (non-hydrogen) atoms. The summed E-state index contributed by atoms with van der Waals surface area (Å²) in [4.78, 5) is 26.1. The number of furan rings is 1. The van der Waals surface area contributed by atoms with Crippen LogP contribution in [0.3, 0.4) is 0 Å². The molecule has 0 bridgehead atoms. The second-order valence-electron chi connectivity index (χ2n) is 4.93. The molecule has 6 nitrogen and oxygen atoms in total. The first-order valence-corrected chi connectivity index (χ1v) is 7.18. The lowest BCUT2D eigenvalue weighted by atomic mass is 10.1. The van der Waals surface area contributed by atoms with Crippen molar-refractivity contribution in [2.45, 2.75) is 0 Å². The van der Waals surface area contributed by atoms with Gasteiger partial charge in [0.15, 0.2) is 0 Å². The maximum Gasteiger partial charge on any atom is 0.355 e. The van der Waals surface area contributed by atoms with Gasteiger partial charge in [0, 0.05) is 11.6 Å². The standard InChI is InChI=1S/C18H15NO5/c1-22-17(20)13-6-3-4-10-19(16(13)18(21)23-2)14-7-5-8-15-12(14)9-11-24-15/h3-11H,1-2H3. The van der Waals surface area contributed by atoms with Crippen LogP contribution in [-0.4, -0.2) is 26.2 Å². The molecule has 1 aliphatic rings. The van der Waals surface area contributed by atoms with Gasteiger partial charge in [0.25, 0.3) is 0 Å². The number of anilines is 1. The molecule has 0 N–H and O–H groups in total. The number of allylic oxidation sites excluding steroid dienone is 2. The van der Waals surface area contributed by atoms with E-state index in [9.17, 15) is 9.59 Å². The lowest BCUT2D eigenvalue weighted by Gasteiger charge is -2.23. The van der Waals surface area contributed by atoms with Crippen LogP contribution in [0.1, 0.15) is 0 Å². The molecule has 1 aliphatic heterocycles. The van der Waals surface area contributed by atoms with Crippen LogP contribution in [0.15, 0.2) is 70.6 Å². The van der Waals surface area contributed by atoms with E-state index >= 15 is 0 Å². The first-order valence-electron chi connectivity index (χ1n) is 7.18. The first kappa shape index (κ1) is 15.6. The van der Waals surface area contributed by atoms with Gasteiger partial charge in [-0.1, -0.05) is 12.1 Å². The number of methoxy groups -OCH3 is 2. The molecule has 0 unspecified atom stereocenters. The van der Waals surface area contributed by atoms with E-state index in [1.165, 1.54) is 20.3 Å². The van der Waals surface area contributed by atoms with E-state index < -0.39 is 11.9 Å². The van der Waals surface area contributed by atoms with Crippen LogP contribution < -0.4 is 4.90 Å². The molecular formula is C18H15NO5. The minimum Gasteiger partial charge on any atom is -0.465 e. The van der Waals surface area contributed by atoms with Gasteiger partial charge in [0.05, 0.1) is 31.7 Å². The largest absolute Gasteiger partial charge is 0.465 e. The predicted molar refractivity (Wildman–Crippen MR) is 88.0 cm³/mol. The summed E-state index contributed by atoms with van der Waals surface area (Å²) in [5.41, 5.74) is 1.53. The topological polar surface area (TPSA) is 69.0 Å². The summed E-state index contributed by atoms with van der Waals surface area (Å²) in [7, 11) is 2.52. The van der Waals surface area contributed by atoms with Crippen molar-refractivity contribution >= 4 is 28.6 Å². The van der Waals surface area contributed by atoms with Gasteiger partial charge in [-0.05, 0) is 30.4 Å². The van der Waals surface area contributed by atoms with E-state index in [-0.39, 0.29) is 11.3 Å². The highest BCUT2D eigenvalue weighted by atomic mass is 16.5. The van der Waals surface area contributed by atoms with Crippen molar-refractivity contribution < 1.29 is 23.5 Å².